The predicted octanol–water partition coefficient (Wildman–Crippen LogP) is 7.64. The van der Waals surface area contributed by atoms with Crippen molar-refractivity contribution in [3.05, 3.63) is 0 Å². The molecule has 1 fully saturated rings. The van der Waals surface area contributed by atoms with Crippen molar-refractivity contribution in [2.24, 2.45) is 0 Å². The summed E-state index contributed by atoms with van der Waals surface area (Å²) in [5.41, 5.74) is 0. The largest absolute Gasteiger partial charge is 0.464 e. The number of aliphatic hydroxyl groups is 1. The van der Waals surface area contributed by atoms with Crippen molar-refractivity contribution in [3.63, 3.8) is 0 Å². The average Bonchev–Trinajstić information content (AvgIpc) is 3.02. The Morgan fingerprint density at radius 1 is 0.864 bits per heavy atom. The summed E-state index contributed by atoms with van der Waals surface area (Å²) in [6.07, 6.45) is 17.5. The van der Waals surface area contributed by atoms with E-state index in [0.717, 1.165) is 19.3 Å². The van der Waals surface area contributed by atoms with E-state index in [9.17, 15) is 19.5 Å². The van der Waals surface area contributed by atoms with Crippen LogP contribution in [0.25, 0.3) is 0 Å². The van der Waals surface area contributed by atoms with Gasteiger partial charge >= 0.3 is 18.2 Å². The minimum absolute atomic E-state index is 0.133. The van der Waals surface area contributed by atoms with E-state index in [0.29, 0.717) is 32.4 Å². The van der Waals surface area contributed by atoms with Crippen molar-refractivity contribution in [2.45, 2.75) is 174 Å². The standard InChI is InChI=1S/C34H64N2O8/c1-5-8-9-10-11-12-13-14-15-16-17-18-19-20-21-26-35-33(39)44-30-23-22-27-43-31(30)36(34(40)41-4)29(32(38)42-7-3)25-24-28(37)6-2/h28-31,37H,5-27H2,1-4H3,(H,35,39)/t28?,29?,30-,31-/m1/s1. The van der Waals surface area contributed by atoms with Crippen LogP contribution in [-0.2, 0) is 23.7 Å². The number of alkyl carbamates (subject to hydrolysis) is 1. The topological polar surface area (TPSA) is 124 Å². The van der Waals surface area contributed by atoms with Gasteiger partial charge in [-0.15, -0.1) is 0 Å². The molecule has 1 heterocycles. The summed E-state index contributed by atoms with van der Waals surface area (Å²) < 4.78 is 21.9. The third-order valence-electron chi connectivity index (χ3n) is 8.35. The maximum Gasteiger partial charge on any atom is 0.412 e. The highest BCUT2D eigenvalue weighted by atomic mass is 16.6. The Balaban J connectivity index is 2.43. The summed E-state index contributed by atoms with van der Waals surface area (Å²) in [6, 6.07) is -1.05. The average molecular weight is 629 g/mol. The van der Waals surface area contributed by atoms with Gasteiger partial charge in [0.05, 0.1) is 19.8 Å². The van der Waals surface area contributed by atoms with E-state index in [4.69, 9.17) is 18.9 Å². The number of nitrogens with zero attached hydrogens (tertiary/aromatic N) is 1. The number of hydrogen-bond acceptors (Lipinski definition) is 8. The van der Waals surface area contributed by atoms with E-state index in [-0.39, 0.29) is 19.4 Å². The fourth-order valence-electron chi connectivity index (χ4n) is 5.66. The number of methoxy groups -OCH3 is 1. The minimum Gasteiger partial charge on any atom is -0.464 e. The maximum atomic E-state index is 12.9. The molecule has 1 saturated heterocycles. The lowest BCUT2D eigenvalue weighted by molar-refractivity contribution is -0.173. The molecule has 44 heavy (non-hydrogen) atoms. The van der Waals surface area contributed by atoms with Crippen LogP contribution in [-0.4, -0.2) is 79.5 Å². The number of carbonyl (C=O) groups is 3. The number of amides is 2. The fourth-order valence-corrected chi connectivity index (χ4v) is 5.66. The molecule has 0 radical (unpaired) electrons. The molecule has 2 N–H and O–H groups in total. The number of nitrogens with one attached hydrogen (secondary N) is 1. The first kappa shape index (κ1) is 40.0. The third-order valence-corrected chi connectivity index (χ3v) is 8.35. The van der Waals surface area contributed by atoms with Crippen LogP contribution < -0.4 is 5.32 Å². The van der Waals surface area contributed by atoms with Gasteiger partial charge < -0.3 is 29.4 Å². The molecule has 10 nitrogen and oxygen atoms in total. The lowest BCUT2D eigenvalue weighted by atomic mass is 10.0. The molecule has 0 spiro atoms. The molecule has 2 amide bonds. The lowest BCUT2D eigenvalue weighted by Crippen LogP contribution is -2.58. The van der Waals surface area contributed by atoms with Gasteiger partial charge in [0.25, 0.3) is 0 Å². The van der Waals surface area contributed by atoms with Gasteiger partial charge in [0.1, 0.15) is 12.1 Å². The van der Waals surface area contributed by atoms with Crippen LogP contribution in [0.2, 0.25) is 0 Å². The monoisotopic (exact) mass is 628 g/mol. The number of carbonyl (C=O) groups excluding carboxylic acids is 3. The smallest absolute Gasteiger partial charge is 0.412 e. The Bertz CT molecular complexity index is 753. The Labute approximate surface area is 267 Å². The number of esters is 1. The molecule has 0 bridgehead atoms. The Kier molecular flexibility index (Phi) is 23.8. The van der Waals surface area contributed by atoms with Gasteiger partial charge in [-0.2, -0.15) is 0 Å². The zero-order valence-electron chi connectivity index (χ0n) is 28.3. The molecule has 10 heteroatoms. The Hall–Kier alpha value is -2.07. The molecular formula is C34H64N2O8. The van der Waals surface area contributed by atoms with E-state index in [1.54, 1.807) is 6.92 Å². The van der Waals surface area contributed by atoms with E-state index in [1.807, 2.05) is 6.92 Å². The van der Waals surface area contributed by atoms with Crippen molar-refractivity contribution in [1.29, 1.82) is 0 Å². The molecule has 0 aromatic carbocycles. The molecule has 2 unspecified atom stereocenters. The van der Waals surface area contributed by atoms with E-state index < -0.39 is 42.6 Å². The SMILES string of the molecule is CCCCCCCCCCCCCCCCCNC(=O)O[C@@H]1CCCO[C@H]1N(C(=O)OC)C(CCC(O)CC)C(=O)OCC. The number of hydrogen-bond donors (Lipinski definition) is 2. The second kappa shape index (κ2) is 26.2. The summed E-state index contributed by atoms with van der Waals surface area (Å²) in [6.45, 7) is 6.77. The predicted molar refractivity (Wildman–Crippen MR) is 172 cm³/mol. The van der Waals surface area contributed by atoms with Gasteiger partial charge in [0.2, 0.25) is 0 Å². The molecule has 0 aromatic rings. The van der Waals surface area contributed by atoms with Crippen LogP contribution >= 0.6 is 0 Å². The Morgan fingerprint density at radius 3 is 1.95 bits per heavy atom. The highest BCUT2D eigenvalue weighted by Crippen LogP contribution is 2.26. The number of rotatable bonds is 25. The van der Waals surface area contributed by atoms with Crippen molar-refractivity contribution in [1.82, 2.24) is 10.2 Å². The summed E-state index contributed by atoms with van der Waals surface area (Å²) in [5, 5.41) is 12.9. The van der Waals surface area contributed by atoms with Crippen molar-refractivity contribution in [2.75, 3.05) is 26.9 Å². The number of ether oxygens (including phenoxy) is 4. The molecular weight excluding hydrogens is 564 g/mol. The zero-order valence-corrected chi connectivity index (χ0v) is 28.3. The van der Waals surface area contributed by atoms with Gasteiger partial charge in [0, 0.05) is 13.2 Å². The van der Waals surface area contributed by atoms with Gasteiger partial charge in [-0.1, -0.05) is 104 Å². The van der Waals surface area contributed by atoms with Gasteiger partial charge in [0.15, 0.2) is 6.23 Å². The quantitative estimate of drug-likeness (QED) is 0.0601. The van der Waals surface area contributed by atoms with E-state index in [2.05, 4.69) is 12.2 Å². The fraction of sp³-hybridized carbons (Fsp3) is 0.912. The first-order valence-electron chi connectivity index (χ1n) is 17.7. The first-order valence-corrected chi connectivity index (χ1v) is 17.7. The van der Waals surface area contributed by atoms with Gasteiger partial charge in [-0.25, -0.2) is 14.4 Å². The molecule has 0 saturated carbocycles. The number of unbranched alkanes of at least 4 members (excludes halogenated alkanes) is 14. The zero-order chi connectivity index (χ0) is 32.4. The highest BCUT2D eigenvalue weighted by Gasteiger charge is 2.44. The van der Waals surface area contributed by atoms with Crippen molar-refractivity contribution in [3.8, 4) is 0 Å². The molecule has 1 aliphatic heterocycles. The normalized spacial score (nSPS) is 17.8. The highest BCUT2D eigenvalue weighted by molar-refractivity contribution is 5.81. The maximum absolute atomic E-state index is 12.9. The molecule has 4 atom stereocenters. The summed E-state index contributed by atoms with van der Waals surface area (Å²) in [4.78, 5) is 39.7. The van der Waals surface area contributed by atoms with Crippen LogP contribution in [0.5, 0.6) is 0 Å². The van der Waals surface area contributed by atoms with Crippen LogP contribution in [0.4, 0.5) is 9.59 Å². The first-order chi connectivity index (χ1) is 21.4. The summed E-state index contributed by atoms with van der Waals surface area (Å²) in [5.74, 6) is -0.619. The Morgan fingerprint density at radius 2 is 1.43 bits per heavy atom. The second-order valence-electron chi connectivity index (χ2n) is 12.0. The number of aliphatic hydroxyl groups excluding tert-OH is 1. The van der Waals surface area contributed by atoms with Crippen LogP contribution in [0.15, 0.2) is 0 Å². The third kappa shape index (κ3) is 17.4. The molecule has 258 valence electrons. The molecule has 1 aliphatic rings. The van der Waals surface area contributed by atoms with Gasteiger partial charge in [-0.05, 0) is 45.4 Å². The van der Waals surface area contributed by atoms with Gasteiger partial charge in [-0.3, -0.25) is 4.90 Å². The van der Waals surface area contributed by atoms with E-state index >= 15 is 0 Å². The van der Waals surface area contributed by atoms with Crippen LogP contribution in [0.3, 0.4) is 0 Å². The summed E-state index contributed by atoms with van der Waals surface area (Å²) in [7, 11) is 1.22. The van der Waals surface area contributed by atoms with E-state index in [1.165, 1.54) is 89.1 Å². The molecule has 0 aromatic heterocycles. The van der Waals surface area contributed by atoms with Crippen LogP contribution in [0, 0.1) is 0 Å². The van der Waals surface area contributed by atoms with Crippen LogP contribution in [0.1, 0.15) is 149 Å². The van der Waals surface area contributed by atoms with Crippen molar-refractivity contribution < 1.29 is 38.4 Å². The molecule has 0 aliphatic carbocycles. The lowest BCUT2D eigenvalue weighted by Gasteiger charge is -2.41. The van der Waals surface area contributed by atoms with Crippen molar-refractivity contribution >= 4 is 18.2 Å². The summed E-state index contributed by atoms with van der Waals surface area (Å²) >= 11 is 0. The minimum atomic E-state index is -1.05. The second-order valence-corrected chi connectivity index (χ2v) is 12.0. The molecule has 1 rings (SSSR count).